The lowest BCUT2D eigenvalue weighted by molar-refractivity contribution is -0.126. The second kappa shape index (κ2) is 8.18. The van der Waals surface area contributed by atoms with E-state index in [9.17, 15) is 4.79 Å². The monoisotopic (exact) mass is 304 g/mol. The molecule has 1 aliphatic rings. The first-order valence-corrected chi connectivity index (χ1v) is 8.26. The van der Waals surface area contributed by atoms with Crippen molar-refractivity contribution in [2.24, 2.45) is 0 Å². The van der Waals surface area contributed by atoms with Gasteiger partial charge in [-0.1, -0.05) is 25.0 Å². The maximum absolute atomic E-state index is 12.2. The molecule has 1 atom stereocenters. The van der Waals surface area contributed by atoms with Crippen molar-refractivity contribution < 1.29 is 9.53 Å². The lowest BCUT2D eigenvalue weighted by Gasteiger charge is -2.25. The molecule has 1 aromatic carbocycles. The van der Waals surface area contributed by atoms with E-state index < -0.39 is 0 Å². The van der Waals surface area contributed by atoms with Gasteiger partial charge < -0.3 is 10.1 Å². The number of ether oxygens (including phenoxy) is 1. The van der Waals surface area contributed by atoms with Crippen LogP contribution in [-0.4, -0.2) is 43.1 Å². The summed E-state index contributed by atoms with van der Waals surface area (Å²) in [6.07, 6.45) is 4.72. The zero-order valence-electron chi connectivity index (χ0n) is 14.0. The van der Waals surface area contributed by atoms with Gasteiger partial charge in [-0.3, -0.25) is 9.69 Å². The van der Waals surface area contributed by atoms with Crippen LogP contribution in [0.25, 0.3) is 0 Å². The van der Waals surface area contributed by atoms with E-state index in [2.05, 4.69) is 18.3 Å². The number of carbonyl (C=O) groups is 1. The van der Waals surface area contributed by atoms with Crippen molar-refractivity contribution in [2.45, 2.75) is 51.6 Å². The van der Waals surface area contributed by atoms with Gasteiger partial charge in [0, 0.05) is 12.6 Å². The van der Waals surface area contributed by atoms with Gasteiger partial charge in [-0.15, -0.1) is 0 Å². The summed E-state index contributed by atoms with van der Waals surface area (Å²) in [5.41, 5.74) is 1.19. The topological polar surface area (TPSA) is 41.6 Å². The molecule has 0 radical (unpaired) electrons. The highest BCUT2D eigenvalue weighted by Gasteiger charge is 2.22. The minimum Gasteiger partial charge on any atom is -0.492 e. The minimum atomic E-state index is -0.123. The molecule has 0 heterocycles. The van der Waals surface area contributed by atoms with Crippen LogP contribution < -0.4 is 10.1 Å². The second-order valence-electron chi connectivity index (χ2n) is 6.31. The highest BCUT2D eigenvalue weighted by Crippen LogP contribution is 2.18. The highest BCUT2D eigenvalue weighted by atomic mass is 16.5. The fourth-order valence-electron chi connectivity index (χ4n) is 2.80. The SMILES string of the molecule is Cc1cccc(OCCN(C)C(C)C(=O)NC2CCCC2)c1. The Labute approximate surface area is 133 Å². The molecule has 0 aliphatic heterocycles. The number of carbonyl (C=O) groups excluding carboxylic acids is 1. The number of amides is 1. The van der Waals surface area contributed by atoms with E-state index in [1.165, 1.54) is 18.4 Å². The molecule has 1 aromatic rings. The molecule has 0 aromatic heterocycles. The fourth-order valence-corrected chi connectivity index (χ4v) is 2.80. The number of hydrogen-bond donors (Lipinski definition) is 1. The molecular weight excluding hydrogens is 276 g/mol. The molecule has 22 heavy (non-hydrogen) atoms. The van der Waals surface area contributed by atoms with Gasteiger partial charge in [-0.25, -0.2) is 0 Å². The Hall–Kier alpha value is -1.55. The molecule has 1 fully saturated rings. The van der Waals surface area contributed by atoms with Crippen LogP contribution in [0, 0.1) is 6.92 Å². The van der Waals surface area contributed by atoms with E-state index in [0.29, 0.717) is 12.6 Å². The summed E-state index contributed by atoms with van der Waals surface area (Å²) in [5, 5.41) is 3.15. The number of benzene rings is 1. The zero-order chi connectivity index (χ0) is 15.9. The molecule has 0 spiro atoms. The van der Waals surface area contributed by atoms with E-state index in [-0.39, 0.29) is 11.9 Å². The first-order valence-electron chi connectivity index (χ1n) is 8.26. The average molecular weight is 304 g/mol. The molecule has 0 saturated heterocycles. The summed E-state index contributed by atoms with van der Waals surface area (Å²) in [7, 11) is 1.97. The number of hydrogen-bond acceptors (Lipinski definition) is 3. The highest BCUT2D eigenvalue weighted by molar-refractivity contribution is 5.81. The molecule has 1 unspecified atom stereocenters. The van der Waals surface area contributed by atoms with Crippen molar-refractivity contribution in [2.75, 3.05) is 20.2 Å². The van der Waals surface area contributed by atoms with Gasteiger partial charge in [0.25, 0.3) is 0 Å². The van der Waals surface area contributed by atoms with Crippen LogP contribution in [0.4, 0.5) is 0 Å². The Morgan fingerprint density at radius 1 is 1.41 bits per heavy atom. The van der Waals surface area contributed by atoms with Crippen molar-refractivity contribution in [3.05, 3.63) is 29.8 Å². The number of likely N-dealkylation sites (N-methyl/N-ethyl adjacent to an activating group) is 1. The summed E-state index contributed by atoms with van der Waals surface area (Å²) in [5.74, 6) is 1.02. The molecule has 4 nitrogen and oxygen atoms in total. The molecule has 2 rings (SSSR count). The van der Waals surface area contributed by atoms with Crippen LogP contribution in [0.1, 0.15) is 38.2 Å². The van der Waals surface area contributed by atoms with Crippen LogP contribution in [0.2, 0.25) is 0 Å². The van der Waals surface area contributed by atoms with Gasteiger partial charge in [-0.05, 0) is 51.4 Å². The third-order valence-electron chi connectivity index (χ3n) is 4.44. The number of nitrogens with one attached hydrogen (secondary N) is 1. The largest absolute Gasteiger partial charge is 0.492 e. The normalized spacial score (nSPS) is 16.7. The van der Waals surface area contributed by atoms with E-state index in [1.807, 2.05) is 37.1 Å². The van der Waals surface area contributed by atoms with Gasteiger partial charge >= 0.3 is 0 Å². The first-order chi connectivity index (χ1) is 10.6. The average Bonchev–Trinajstić information content (AvgIpc) is 2.99. The van der Waals surface area contributed by atoms with E-state index in [4.69, 9.17) is 4.74 Å². The van der Waals surface area contributed by atoms with Gasteiger partial charge in [0.15, 0.2) is 0 Å². The number of aryl methyl sites for hydroxylation is 1. The lowest BCUT2D eigenvalue weighted by atomic mass is 10.2. The Kier molecular flexibility index (Phi) is 6.25. The number of nitrogens with zero attached hydrogens (tertiary/aromatic N) is 1. The molecule has 4 heteroatoms. The Morgan fingerprint density at radius 2 is 2.14 bits per heavy atom. The second-order valence-corrected chi connectivity index (χ2v) is 6.31. The van der Waals surface area contributed by atoms with E-state index in [0.717, 1.165) is 25.1 Å². The molecule has 1 saturated carbocycles. The lowest BCUT2D eigenvalue weighted by Crippen LogP contribution is -2.47. The first kappa shape index (κ1) is 16.8. The van der Waals surface area contributed by atoms with Gasteiger partial charge in [0.2, 0.25) is 5.91 Å². The summed E-state index contributed by atoms with van der Waals surface area (Å²) in [6, 6.07) is 8.29. The van der Waals surface area contributed by atoms with Crippen LogP contribution in [-0.2, 0) is 4.79 Å². The third-order valence-corrected chi connectivity index (χ3v) is 4.44. The zero-order valence-corrected chi connectivity index (χ0v) is 14.0. The quantitative estimate of drug-likeness (QED) is 0.842. The van der Waals surface area contributed by atoms with Crippen LogP contribution in [0.15, 0.2) is 24.3 Å². The summed E-state index contributed by atoms with van der Waals surface area (Å²) < 4.78 is 5.75. The standard InChI is InChI=1S/C18H28N2O2/c1-14-7-6-10-17(13-14)22-12-11-20(3)15(2)18(21)19-16-8-4-5-9-16/h6-7,10,13,15-16H,4-5,8-9,11-12H2,1-3H3,(H,19,21). The Balaban J connectivity index is 1.71. The van der Waals surface area contributed by atoms with Crippen molar-refractivity contribution in [3.63, 3.8) is 0 Å². The Morgan fingerprint density at radius 3 is 2.82 bits per heavy atom. The van der Waals surface area contributed by atoms with Crippen LogP contribution in [0.5, 0.6) is 5.75 Å². The minimum absolute atomic E-state index is 0.123. The van der Waals surface area contributed by atoms with Crippen molar-refractivity contribution in [3.8, 4) is 5.75 Å². The van der Waals surface area contributed by atoms with Crippen molar-refractivity contribution in [1.82, 2.24) is 10.2 Å². The van der Waals surface area contributed by atoms with Gasteiger partial charge in [0.05, 0.1) is 6.04 Å². The summed E-state index contributed by atoms with van der Waals surface area (Å²) in [4.78, 5) is 14.3. The van der Waals surface area contributed by atoms with Crippen molar-refractivity contribution >= 4 is 5.91 Å². The molecule has 122 valence electrons. The van der Waals surface area contributed by atoms with Crippen LogP contribution >= 0.6 is 0 Å². The Bertz CT molecular complexity index is 484. The molecule has 1 N–H and O–H groups in total. The van der Waals surface area contributed by atoms with Crippen molar-refractivity contribution in [1.29, 1.82) is 0 Å². The fraction of sp³-hybridized carbons (Fsp3) is 0.611. The molecule has 1 amide bonds. The third kappa shape index (κ3) is 5.02. The van der Waals surface area contributed by atoms with Crippen LogP contribution in [0.3, 0.4) is 0 Å². The van der Waals surface area contributed by atoms with E-state index >= 15 is 0 Å². The maximum atomic E-state index is 12.2. The summed E-state index contributed by atoms with van der Waals surface area (Å²) in [6.45, 7) is 5.32. The molecule has 0 bridgehead atoms. The predicted octanol–water partition coefficient (Wildman–Crippen LogP) is 2.75. The van der Waals surface area contributed by atoms with Gasteiger partial charge in [0.1, 0.15) is 12.4 Å². The maximum Gasteiger partial charge on any atom is 0.237 e. The predicted molar refractivity (Wildman–Crippen MR) is 89.2 cm³/mol. The molecular formula is C18H28N2O2. The van der Waals surface area contributed by atoms with Gasteiger partial charge in [-0.2, -0.15) is 0 Å². The summed E-state index contributed by atoms with van der Waals surface area (Å²) >= 11 is 0. The smallest absolute Gasteiger partial charge is 0.237 e. The number of rotatable bonds is 7. The molecule has 1 aliphatic carbocycles. The van der Waals surface area contributed by atoms with E-state index in [1.54, 1.807) is 0 Å².